The average molecular weight is 202 g/mol. The van der Waals surface area contributed by atoms with Crippen molar-refractivity contribution in [3.05, 3.63) is 0 Å². The second kappa shape index (κ2) is 4.20. The highest BCUT2D eigenvalue weighted by atomic mass is 19.3. The first-order chi connectivity index (χ1) is 5.81. The van der Waals surface area contributed by atoms with E-state index in [4.69, 9.17) is 0 Å². The summed E-state index contributed by atoms with van der Waals surface area (Å²) in [5.41, 5.74) is 0. The predicted octanol–water partition coefficient (Wildman–Crippen LogP) is 1.02. The van der Waals surface area contributed by atoms with Crippen LogP contribution >= 0.6 is 0 Å². The number of alkyl halides is 4. The van der Waals surface area contributed by atoms with Gasteiger partial charge >= 0.3 is 17.9 Å². The van der Waals surface area contributed by atoms with E-state index in [2.05, 4.69) is 4.74 Å². The van der Waals surface area contributed by atoms with Crippen LogP contribution in [0.25, 0.3) is 0 Å². The standard InChI is InChI=1S/C6H6F4O3/c1-3(8)4(11)13-5(12)6(9,10)2-7/h3H,2H2,1H3. The van der Waals surface area contributed by atoms with Crippen molar-refractivity contribution in [2.75, 3.05) is 6.67 Å². The molecular formula is C6H6F4O3. The van der Waals surface area contributed by atoms with Crippen LogP contribution in [0.15, 0.2) is 0 Å². The minimum absolute atomic E-state index is 0.698. The molecule has 0 amide bonds. The number of rotatable bonds is 3. The third kappa shape index (κ3) is 3.39. The number of halogens is 4. The summed E-state index contributed by atoms with van der Waals surface area (Å²) in [6.07, 6.45) is -2.21. The zero-order valence-corrected chi connectivity index (χ0v) is 6.52. The van der Waals surface area contributed by atoms with E-state index in [1.807, 2.05) is 0 Å². The lowest BCUT2D eigenvalue weighted by Gasteiger charge is -2.09. The molecule has 0 fully saturated rings. The van der Waals surface area contributed by atoms with Gasteiger partial charge in [0.05, 0.1) is 0 Å². The van der Waals surface area contributed by atoms with Crippen molar-refractivity contribution in [3.63, 3.8) is 0 Å². The van der Waals surface area contributed by atoms with Gasteiger partial charge in [0, 0.05) is 0 Å². The van der Waals surface area contributed by atoms with Crippen molar-refractivity contribution in [2.45, 2.75) is 19.0 Å². The van der Waals surface area contributed by atoms with Gasteiger partial charge in [-0.05, 0) is 6.92 Å². The van der Waals surface area contributed by atoms with Gasteiger partial charge in [0.25, 0.3) is 0 Å². The molecule has 76 valence electrons. The fraction of sp³-hybridized carbons (Fsp3) is 0.667. The molecule has 0 bridgehead atoms. The molecule has 1 unspecified atom stereocenters. The Kier molecular flexibility index (Phi) is 3.83. The Bertz CT molecular complexity index is 214. The van der Waals surface area contributed by atoms with Gasteiger partial charge in [-0.15, -0.1) is 0 Å². The molecule has 0 aromatic carbocycles. The van der Waals surface area contributed by atoms with E-state index in [9.17, 15) is 27.2 Å². The van der Waals surface area contributed by atoms with Crippen molar-refractivity contribution < 1.29 is 31.9 Å². The minimum Gasteiger partial charge on any atom is -0.386 e. The first-order valence-electron chi connectivity index (χ1n) is 3.15. The first kappa shape index (κ1) is 11.9. The number of hydrogen-bond donors (Lipinski definition) is 0. The van der Waals surface area contributed by atoms with Crippen LogP contribution in [0, 0.1) is 0 Å². The zero-order chi connectivity index (χ0) is 10.6. The summed E-state index contributed by atoms with van der Waals surface area (Å²) in [5, 5.41) is 0. The fourth-order valence-corrected chi connectivity index (χ4v) is 0.302. The Labute approximate surface area is 70.7 Å². The normalized spacial score (nSPS) is 13.6. The van der Waals surface area contributed by atoms with E-state index in [-0.39, 0.29) is 0 Å². The number of esters is 2. The molecule has 0 aliphatic carbocycles. The molecule has 0 aromatic heterocycles. The van der Waals surface area contributed by atoms with Crippen molar-refractivity contribution in [1.29, 1.82) is 0 Å². The maximum Gasteiger partial charge on any atom is 0.387 e. The Morgan fingerprint density at radius 3 is 2.23 bits per heavy atom. The largest absolute Gasteiger partial charge is 0.387 e. The molecule has 0 heterocycles. The number of hydrogen-bond acceptors (Lipinski definition) is 3. The van der Waals surface area contributed by atoms with Crippen LogP contribution in [0.4, 0.5) is 17.6 Å². The van der Waals surface area contributed by atoms with Crippen molar-refractivity contribution >= 4 is 11.9 Å². The second-order valence-corrected chi connectivity index (χ2v) is 2.16. The number of carbonyl (C=O) groups excluding carboxylic acids is 2. The molecule has 3 nitrogen and oxygen atoms in total. The van der Waals surface area contributed by atoms with Crippen molar-refractivity contribution in [1.82, 2.24) is 0 Å². The van der Waals surface area contributed by atoms with Crippen LogP contribution in [0.2, 0.25) is 0 Å². The van der Waals surface area contributed by atoms with E-state index in [0.717, 1.165) is 0 Å². The Hall–Kier alpha value is -1.14. The van der Waals surface area contributed by atoms with E-state index >= 15 is 0 Å². The first-order valence-corrected chi connectivity index (χ1v) is 3.15. The van der Waals surface area contributed by atoms with Gasteiger partial charge in [0.2, 0.25) is 0 Å². The third-order valence-corrected chi connectivity index (χ3v) is 0.985. The molecule has 7 heteroatoms. The van der Waals surface area contributed by atoms with E-state index in [1.54, 1.807) is 0 Å². The summed E-state index contributed by atoms with van der Waals surface area (Å²) in [6.45, 7) is -1.59. The smallest absolute Gasteiger partial charge is 0.386 e. The molecule has 0 aliphatic heterocycles. The molecule has 0 N–H and O–H groups in total. The maximum atomic E-state index is 12.0. The Morgan fingerprint density at radius 2 is 1.92 bits per heavy atom. The summed E-state index contributed by atoms with van der Waals surface area (Å²) >= 11 is 0. The molecule has 1 atom stereocenters. The maximum absolute atomic E-state index is 12.0. The van der Waals surface area contributed by atoms with Gasteiger partial charge in [-0.2, -0.15) is 8.78 Å². The number of ether oxygens (including phenoxy) is 1. The molecule has 0 aliphatic rings. The summed E-state index contributed by atoms with van der Waals surface area (Å²) in [4.78, 5) is 20.5. The highest BCUT2D eigenvalue weighted by Crippen LogP contribution is 2.16. The Balaban J connectivity index is 4.24. The molecule has 0 radical (unpaired) electrons. The highest BCUT2D eigenvalue weighted by molar-refractivity contribution is 5.91. The van der Waals surface area contributed by atoms with Crippen LogP contribution < -0.4 is 0 Å². The van der Waals surface area contributed by atoms with Crippen LogP contribution in [0.3, 0.4) is 0 Å². The van der Waals surface area contributed by atoms with Crippen LogP contribution in [-0.2, 0) is 14.3 Å². The molecule has 0 rings (SSSR count). The third-order valence-electron chi connectivity index (χ3n) is 0.985. The molecular weight excluding hydrogens is 196 g/mol. The summed E-state index contributed by atoms with van der Waals surface area (Å²) < 4.78 is 50.8. The SMILES string of the molecule is CC(F)C(=O)OC(=O)C(F)(F)CF. The summed E-state index contributed by atoms with van der Waals surface area (Å²) in [7, 11) is 0. The van der Waals surface area contributed by atoms with Crippen molar-refractivity contribution in [2.24, 2.45) is 0 Å². The quantitative estimate of drug-likeness (QED) is 0.390. The lowest BCUT2D eigenvalue weighted by molar-refractivity contribution is -0.182. The van der Waals surface area contributed by atoms with Gasteiger partial charge in [0.1, 0.15) is 0 Å². The zero-order valence-electron chi connectivity index (χ0n) is 6.52. The van der Waals surface area contributed by atoms with Gasteiger partial charge < -0.3 is 4.74 Å². The van der Waals surface area contributed by atoms with E-state index < -0.39 is 30.7 Å². The molecule has 0 aromatic rings. The van der Waals surface area contributed by atoms with Crippen LogP contribution in [0.1, 0.15) is 6.92 Å². The van der Waals surface area contributed by atoms with Crippen LogP contribution in [0.5, 0.6) is 0 Å². The predicted molar refractivity (Wildman–Crippen MR) is 32.6 cm³/mol. The minimum atomic E-state index is -4.40. The Morgan fingerprint density at radius 1 is 1.46 bits per heavy atom. The topological polar surface area (TPSA) is 43.4 Å². The fourth-order valence-electron chi connectivity index (χ4n) is 0.302. The van der Waals surface area contributed by atoms with Crippen LogP contribution in [-0.4, -0.2) is 30.7 Å². The van der Waals surface area contributed by atoms with Gasteiger partial charge in [-0.25, -0.2) is 18.4 Å². The van der Waals surface area contributed by atoms with E-state index in [1.165, 1.54) is 0 Å². The van der Waals surface area contributed by atoms with Crippen molar-refractivity contribution in [3.8, 4) is 0 Å². The van der Waals surface area contributed by atoms with E-state index in [0.29, 0.717) is 6.92 Å². The number of carbonyl (C=O) groups is 2. The average Bonchev–Trinajstić information content (AvgIpc) is 2.04. The molecule has 0 saturated heterocycles. The lowest BCUT2D eigenvalue weighted by Crippen LogP contribution is -2.36. The van der Waals surface area contributed by atoms with Gasteiger partial charge in [-0.1, -0.05) is 0 Å². The molecule has 13 heavy (non-hydrogen) atoms. The monoisotopic (exact) mass is 202 g/mol. The highest BCUT2D eigenvalue weighted by Gasteiger charge is 2.42. The second-order valence-electron chi connectivity index (χ2n) is 2.16. The summed E-state index contributed by atoms with van der Waals surface area (Å²) in [5.74, 6) is -8.55. The molecule has 0 saturated carbocycles. The van der Waals surface area contributed by atoms with Gasteiger partial charge in [0.15, 0.2) is 12.8 Å². The van der Waals surface area contributed by atoms with Gasteiger partial charge in [-0.3, -0.25) is 0 Å². The molecule has 0 spiro atoms. The lowest BCUT2D eigenvalue weighted by atomic mass is 10.4. The summed E-state index contributed by atoms with van der Waals surface area (Å²) in [6, 6.07) is 0.